The topological polar surface area (TPSA) is 64.6 Å². The number of nitrogens with one attached hydrogen (secondary N) is 2. The van der Waals surface area contributed by atoms with E-state index < -0.39 is 0 Å². The summed E-state index contributed by atoms with van der Waals surface area (Å²) < 4.78 is 0. The van der Waals surface area contributed by atoms with Crippen LogP contribution in [0.1, 0.15) is 33.6 Å². The fourth-order valence-electron chi connectivity index (χ4n) is 1.67. The molecule has 5 nitrogen and oxygen atoms in total. The molecule has 1 unspecified atom stereocenters. The lowest BCUT2D eigenvalue weighted by Gasteiger charge is -2.22. The SMILES string of the molecule is CCCNC(=O)CCNCC(O)CN(CC)CC. The van der Waals surface area contributed by atoms with Gasteiger partial charge in [-0.3, -0.25) is 4.79 Å². The molecule has 0 aromatic heterocycles. The third kappa shape index (κ3) is 9.39. The van der Waals surface area contributed by atoms with E-state index in [2.05, 4.69) is 29.4 Å². The van der Waals surface area contributed by atoms with Gasteiger partial charge >= 0.3 is 0 Å². The van der Waals surface area contributed by atoms with Crippen LogP contribution < -0.4 is 10.6 Å². The van der Waals surface area contributed by atoms with Crippen molar-refractivity contribution in [1.82, 2.24) is 15.5 Å². The van der Waals surface area contributed by atoms with Crippen LogP contribution in [-0.2, 0) is 4.79 Å². The van der Waals surface area contributed by atoms with Gasteiger partial charge in [0.2, 0.25) is 5.91 Å². The van der Waals surface area contributed by atoms with Gasteiger partial charge < -0.3 is 20.6 Å². The second-order valence-electron chi connectivity index (χ2n) is 4.44. The summed E-state index contributed by atoms with van der Waals surface area (Å²) in [5, 5.41) is 15.7. The molecule has 0 aromatic rings. The third-order valence-electron chi connectivity index (χ3n) is 2.84. The molecule has 0 fully saturated rings. The molecule has 18 heavy (non-hydrogen) atoms. The molecule has 0 aliphatic heterocycles. The Morgan fingerprint density at radius 3 is 2.44 bits per heavy atom. The van der Waals surface area contributed by atoms with E-state index >= 15 is 0 Å². The first-order chi connectivity index (χ1) is 8.63. The van der Waals surface area contributed by atoms with E-state index in [1.807, 2.05) is 6.92 Å². The van der Waals surface area contributed by atoms with E-state index in [1.54, 1.807) is 0 Å². The van der Waals surface area contributed by atoms with Crippen LogP contribution in [0.4, 0.5) is 0 Å². The molecule has 0 saturated carbocycles. The lowest BCUT2D eigenvalue weighted by Crippen LogP contribution is -2.39. The molecular formula is C13H29N3O2. The maximum Gasteiger partial charge on any atom is 0.221 e. The van der Waals surface area contributed by atoms with Crippen LogP contribution in [0.25, 0.3) is 0 Å². The average molecular weight is 259 g/mol. The number of aliphatic hydroxyl groups is 1. The zero-order valence-corrected chi connectivity index (χ0v) is 12.0. The second-order valence-corrected chi connectivity index (χ2v) is 4.44. The summed E-state index contributed by atoms with van der Waals surface area (Å²) in [6.07, 6.45) is 1.06. The van der Waals surface area contributed by atoms with Crippen molar-refractivity contribution >= 4 is 5.91 Å². The predicted octanol–water partition coefficient (Wildman–Crippen LogP) is 0.195. The summed E-state index contributed by atoms with van der Waals surface area (Å²) in [7, 11) is 0. The molecule has 0 aliphatic rings. The van der Waals surface area contributed by atoms with E-state index in [4.69, 9.17) is 0 Å². The Kier molecular flexibility index (Phi) is 11.0. The molecule has 0 rings (SSSR count). The Morgan fingerprint density at radius 2 is 1.89 bits per heavy atom. The molecular weight excluding hydrogens is 230 g/mol. The summed E-state index contributed by atoms with van der Waals surface area (Å²) >= 11 is 0. The van der Waals surface area contributed by atoms with Crippen molar-refractivity contribution < 1.29 is 9.90 Å². The van der Waals surface area contributed by atoms with E-state index in [1.165, 1.54) is 0 Å². The number of hydrogen-bond donors (Lipinski definition) is 3. The summed E-state index contributed by atoms with van der Waals surface area (Å²) in [4.78, 5) is 13.5. The van der Waals surface area contributed by atoms with Gasteiger partial charge in [0.1, 0.15) is 0 Å². The predicted molar refractivity (Wildman–Crippen MR) is 74.6 cm³/mol. The molecule has 0 radical (unpaired) electrons. The number of nitrogens with zero attached hydrogens (tertiary/aromatic N) is 1. The van der Waals surface area contributed by atoms with E-state index in [-0.39, 0.29) is 12.0 Å². The van der Waals surface area contributed by atoms with Gasteiger partial charge in [-0.1, -0.05) is 20.8 Å². The van der Waals surface area contributed by atoms with Crippen molar-refractivity contribution in [3.05, 3.63) is 0 Å². The fourth-order valence-corrected chi connectivity index (χ4v) is 1.67. The van der Waals surface area contributed by atoms with Crippen LogP contribution in [0.3, 0.4) is 0 Å². The summed E-state index contributed by atoms with van der Waals surface area (Å²) in [6, 6.07) is 0. The van der Waals surface area contributed by atoms with Crippen molar-refractivity contribution in [1.29, 1.82) is 0 Å². The first kappa shape index (κ1) is 17.4. The Hall–Kier alpha value is -0.650. The standard InChI is InChI=1S/C13H29N3O2/c1-4-8-15-13(18)7-9-14-10-12(17)11-16(5-2)6-3/h12,14,17H,4-11H2,1-3H3,(H,15,18). The second kappa shape index (κ2) is 11.4. The molecule has 0 aromatic carbocycles. The van der Waals surface area contributed by atoms with Gasteiger partial charge in [-0.05, 0) is 19.5 Å². The number of amides is 1. The van der Waals surface area contributed by atoms with E-state index in [9.17, 15) is 9.90 Å². The molecule has 0 saturated heterocycles. The van der Waals surface area contributed by atoms with Gasteiger partial charge in [-0.2, -0.15) is 0 Å². The highest BCUT2D eigenvalue weighted by Crippen LogP contribution is 1.91. The lowest BCUT2D eigenvalue weighted by molar-refractivity contribution is -0.121. The van der Waals surface area contributed by atoms with Crippen LogP contribution >= 0.6 is 0 Å². The average Bonchev–Trinajstić information content (AvgIpc) is 2.38. The normalized spacial score (nSPS) is 12.7. The first-order valence-corrected chi connectivity index (χ1v) is 7.01. The zero-order valence-electron chi connectivity index (χ0n) is 12.0. The number of carbonyl (C=O) groups excluding carboxylic acids is 1. The van der Waals surface area contributed by atoms with Crippen LogP contribution in [0, 0.1) is 0 Å². The first-order valence-electron chi connectivity index (χ1n) is 7.01. The molecule has 0 aliphatic carbocycles. The summed E-state index contributed by atoms with van der Waals surface area (Å²) in [6.45, 7) is 10.7. The van der Waals surface area contributed by atoms with Crippen molar-refractivity contribution in [3.63, 3.8) is 0 Å². The van der Waals surface area contributed by atoms with Gasteiger partial charge in [0.15, 0.2) is 0 Å². The fraction of sp³-hybridized carbons (Fsp3) is 0.923. The van der Waals surface area contributed by atoms with Crippen molar-refractivity contribution in [2.24, 2.45) is 0 Å². The third-order valence-corrected chi connectivity index (χ3v) is 2.84. The zero-order chi connectivity index (χ0) is 13.8. The highest BCUT2D eigenvalue weighted by molar-refractivity contribution is 5.75. The minimum atomic E-state index is -0.372. The van der Waals surface area contributed by atoms with Gasteiger partial charge in [0, 0.05) is 32.6 Å². The van der Waals surface area contributed by atoms with Crippen molar-refractivity contribution in [2.45, 2.75) is 39.7 Å². The molecule has 0 heterocycles. The molecule has 5 heteroatoms. The maximum atomic E-state index is 11.3. The van der Waals surface area contributed by atoms with Gasteiger partial charge in [-0.15, -0.1) is 0 Å². The van der Waals surface area contributed by atoms with Crippen LogP contribution in [0.5, 0.6) is 0 Å². The van der Waals surface area contributed by atoms with Crippen LogP contribution in [0.15, 0.2) is 0 Å². The molecule has 3 N–H and O–H groups in total. The quantitative estimate of drug-likeness (QED) is 0.464. The van der Waals surface area contributed by atoms with Gasteiger partial charge in [-0.25, -0.2) is 0 Å². The molecule has 0 spiro atoms. The van der Waals surface area contributed by atoms with E-state index in [0.717, 1.165) is 26.1 Å². The summed E-state index contributed by atoms with van der Waals surface area (Å²) in [5.41, 5.74) is 0. The Bertz CT molecular complexity index is 208. The molecule has 0 bridgehead atoms. The van der Waals surface area contributed by atoms with Gasteiger partial charge in [0.05, 0.1) is 6.10 Å². The largest absolute Gasteiger partial charge is 0.390 e. The van der Waals surface area contributed by atoms with Crippen LogP contribution in [-0.4, -0.2) is 61.3 Å². The lowest BCUT2D eigenvalue weighted by atomic mass is 10.3. The Labute approximate surface area is 111 Å². The number of carbonyl (C=O) groups is 1. The van der Waals surface area contributed by atoms with Gasteiger partial charge in [0.25, 0.3) is 0 Å². The highest BCUT2D eigenvalue weighted by atomic mass is 16.3. The molecule has 1 atom stereocenters. The van der Waals surface area contributed by atoms with Crippen molar-refractivity contribution in [2.75, 3.05) is 39.3 Å². The summed E-state index contributed by atoms with van der Waals surface area (Å²) in [5.74, 6) is 0.0718. The maximum absolute atomic E-state index is 11.3. The monoisotopic (exact) mass is 259 g/mol. The molecule has 1 amide bonds. The smallest absolute Gasteiger partial charge is 0.221 e. The van der Waals surface area contributed by atoms with Crippen molar-refractivity contribution in [3.8, 4) is 0 Å². The number of hydrogen-bond acceptors (Lipinski definition) is 4. The highest BCUT2D eigenvalue weighted by Gasteiger charge is 2.08. The molecule has 108 valence electrons. The Balaban J connectivity index is 3.50. The minimum absolute atomic E-state index is 0.0718. The number of likely N-dealkylation sites (N-methyl/N-ethyl adjacent to an activating group) is 1. The van der Waals surface area contributed by atoms with Crippen LogP contribution in [0.2, 0.25) is 0 Å². The number of rotatable bonds is 11. The number of aliphatic hydroxyl groups excluding tert-OH is 1. The Morgan fingerprint density at radius 1 is 1.22 bits per heavy atom. The van der Waals surface area contributed by atoms with E-state index in [0.29, 0.717) is 26.1 Å². The minimum Gasteiger partial charge on any atom is -0.390 e.